The first-order valence-electron chi connectivity index (χ1n) is 6.52. The number of aromatic nitrogens is 3. The maximum Gasteiger partial charge on any atom is 0.225 e. The van der Waals surface area contributed by atoms with Gasteiger partial charge in [-0.25, -0.2) is 14.4 Å². The fraction of sp³-hybridized carbons (Fsp3) is 0.462. The summed E-state index contributed by atoms with van der Waals surface area (Å²) in [4.78, 5) is 13.8. The molecule has 0 radical (unpaired) electrons. The Morgan fingerprint density at radius 1 is 1.38 bits per heavy atom. The third-order valence-corrected chi connectivity index (χ3v) is 4.00. The number of β-amino-alcohol motifs (C(OH)–C–C–N with tert-alkyl or cyclic N) is 1. The third kappa shape index (κ3) is 2.75. The molecule has 1 aliphatic rings. The highest BCUT2D eigenvalue weighted by atomic mass is 35.5. The van der Waals surface area contributed by atoms with E-state index in [0.29, 0.717) is 30.7 Å². The molecule has 0 spiro atoms. The monoisotopic (exact) mass is 330 g/mol. The molecule has 0 saturated carbocycles. The topological polar surface area (TPSA) is 62.1 Å². The minimum Gasteiger partial charge on any atom is -0.388 e. The SMILES string of the molecule is CC1(O)CCCN(c2nc(Cl)nc3c(F)c(Cl)ncc23)C1. The van der Waals surface area contributed by atoms with Gasteiger partial charge in [0.25, 0.3) is 0 Å². The van der Waals surface area contributed by atoms with Crippen molar-refractivity contribution in [3.63, 3.8) is 0 Å². The van der Waals surface area contributed by atoms with Crippen LogP contribution in [0, 0.1) is 5.82 Å². The number of aliphatic hydroxyl groups is 1. The molecule has 1 atom stereocenters. The number of hydrogen-bond acceptors (Lipinski definition) is 5. The predicted octanol–water partition coefficient (Wildman–Crippen LogP) is 2.82. The van der Waals surface area contributed by atoms with Crippen molar-refractivity contribution in [3.05, 3.63) is 22.5 Å². The zero-order chi connectivity index (χ0) is 15.2. The van der Waals surface area contributed by atoms with Crippen LogP contribution < -0.4 is 4.90 Å². The van der Waals surface area contributed by atoms with Gasteiger partial charge in [-0.2, -0.15) is 4.98 Å². The van der Waals surface area contributed by atoms with Gasteiger partial charge in [-0.1, -0.05) is 11.6 Å². The number of hydrogen-bond donors (Lipinski definition) is 1. The molecule has 8 heteroatoms. The zero-order valence-corrected chi connectivity index (χ0v) is 12.8. The molecule has 0 amide bonds. The summed E-state index contributed by atoms with van der Waals surface area (Å²) in [5.41, 5.74) is -0.782. The van der Waals surface area contributed by atoms with E-state index in [1.165, 1.54) is 6.20 Å². The molecule has 1 N–H and O–H groups in total. The smallest absolute Gasteiger partial charge is 0.225 e. The standard InChI is InChI=1S/C13H13Cl2FN4O/c1-13(21)3-2-4-20(6-13)11-7-5-17-10(14)8(16)9(7)18-12(15)19-11/h5,21H,2-4,6H2,1H3. The quantitative estimate of drug-likeness (QED) is 0.643. The van der Waals surface area contributed by atoms with Crippen molar-refractivity contribution in [3.8, 4) is 0 Å². The summed E-state index contributed by atoms with van der Waals surface area (Å²) in [6.07, 6.45) is 2.94. The molecule has 0 aromatic carbocycles. The Morgan fingerprint density at radius 2 is 2.14 bits per heavy atom. The van der Waals surface area contributed by atoms with Crippen molar-refractivity contribution in [2.45, 2.75) is 25.4 Å². The van der Waals surface area contributed by atoms with Crippen LogP contribution in [0.1, 0.15) is 19.8 Å². The van der Waals surface area contributed by atoms with E-state index in [9.17, 15) is 9.50 Å². The van der Waals surface area contributed by atoms with Gasteiger partial charge in [0.15, 0.2) is 11.0 Å². The summed E-state index contributed by atoms with van der Waals surface area (Å²) in [6.45, 7) is 2.85. The average Bonchev–Trinajstić information content (AvgIpc) is 2.41. The van der Waals surface area contributed by atoms with Crippen molar-refractivity contribution in [1.82, 2.24) is 15.0 Å². The van der Waals surface area contributed by atoms with Gasteiger partial charge in [0, 0.05) is 19.3 Å². The summed E-state index contributed by atoms with van der Waals surface area (Å²) in [5, 5.41) is 10.3. The molecule has 3 rings (SSSR count). The molecule has 2 aromatic heterocycles. The largest absolute Gasteiger partial charge is 0.388 e. The summed E-state index contributed by atoms with van der Waals surface area (Å²) in [5.74, 6) is -0.253. The van der Waals surface area contributed by atoms with Crippen LogP contribution in [0.2, 0.25) is 10.4 Å². The van der Waals surface area contributed by atoms with Crippen LogP contribution >= 0.6 is 23.2 Å². The van der Waals surface area contributed by atoms with Crippen LogP contribution in [-0.4, -0.2) is 38.7 Å². The van der Waals surface area contributed by atoms with E-state index >= 15 is 0 Å². The molecular weight excluding hydrogens is 318 g/mol. The van der Waals surface area contributed by atoms with E-state index in [1.807, 2.05) is 4.90 Å². The van der Waals surface area contributed by atoms with Crippen LogP contribution in [0.3, 0.4) is 0 Å². The number of piperidine rings is 1. The number of anilines is 1. The lowest BCUT2D eigenvalue weighted by Gasteiger charge is -2.37. The number of pyridine rings is 1. The molecule has 112 valence electrons. The van der Waals surface area contributed by atoms with Crippen molar-refractivity contribution in [2.24, 2.45) is 0 Å². The Labute approximate surface area is 130 Å². The second-order valence-corrected chi connectivity index (χ2v) is 6.16. The molecule has 1 aliphatic heterocycles. The van der Waals surface area contributed by atoms with Gasteiger partial charge in [0.05, 0.1) is 11.0 Å². The summed E-state index contributed by atoms with van der Waals surface area (Å²) >= 11 is 11.6. The van der Waals surface area contributed by atoms with Crippen molar-refractivity contribution >= 4 is 39.9 Å². The fourth-order valence-corrected chi connectivity index (χ4v) is 2.94. The zero-order valence-electron chi connectivity index (χ0n) is 11.3. The van der Waals surface area contributed by atoms with Crippen molar-refractivity contribution in [2.75, 3.05) is 18.0 Å². The van der Waals surface area contributed by atoms with E-state index in [2.05, 4.69) is 15.0 Å². The minimum absolute atomic E-state index is 0.0372. The van der Waals surface area contributed by atoms with E-state index in [4.69, 9.17) is 23.2 Å². The van der Waals surface area contributed by atoms with Gasteiger partial charge in [0.2, 0.25) is 5.28 Å². The summed E-state index contributed by atoms with van der Waals surface area (Å²) in [7, 11) is 0. The Bertz CT molecular complexity index is 710. The molecule has 2 aromatic rings. The van der Waals surface area contributed by atoms with Gasteiger partial charge in [-0.05, 0) is 31.4 Å². The van der Waals surface area contributed by atoms with Crippen LogP contribution in [0.25, 0.3) is 10.9 Å². The summed E-state index contributed by atoms with van der Waals surface area (Å²) < 4.78 is 14.1. The molecule has 1 fully saturated rings. The molecule has 1 saturated heterocycles. The lowest BCUT2D eigenvalue weighted by molar-refractivity contribution is 0.0448. The molecular formula is C13H13Cl2FN4O. The first-order valence-corrected chi connectivity index (χ1v) is 7.27. The van der Waals surface area contributed by atoms with Crippen LogP contribution in [0.4, 0.5) is 10.2 Å². The third-order valence-electron chi connectivity index (χ3n) is 3.57. The van der Waals surface area contributed by atoms with E-state index < -0.39 is 11.4 Å². The molecule has 3 heterocycles. The highest BCUT2D eigenvalue weighted by Crippen LogP contribution is 2.32. The average molecular weight is 331 g/mol. The number of halogens is 3. The number of fused-ring (bicyclic) bond motifs is 1. The highest BCUT2D eigenvalue weighted by Gasteiger charge is 2.30. The van der Waals surface area contributed by atoms with E-state index in [-0.39, 0.29) is 16.0 Å². The summed E-state index contributed by atoms with van der Waals surface area (Å²) in [6, 6.07) is 0. The number of nitrogens with zero attached hydrogens (tertiary/aromatic N) is 4. The van der Waals surface area contributed by atoms with Gasteiger partial charge < -0.3 is 10.0 Å². The van der Waals surface area contributed by atoms with E-state index in [0.717, 1.165) is 6.42 Å². The first-order chi connectivity index (χ1) is 9.87. The first kappa shape index (κ1) is 14.7. The number of rotatable bonds is 1. The molecule has 21 heavy (non-hydrogen) atoms. The Kier molecular flexibility index (Phi) is 3.63. The molecule has 5 nitrogen and oxygen atoms in total. The molecule has 1 unspecified atom stereocenters. The van der Waals surface area contributed by atoms with Crippen LogP contribution in [-0.2, 0) is 0 Å². The maximum atomic E-state index is 14.1. The molecule has 0 aliphatic carbocycles. The normalized spacial score (nSPS) is 22.8. The predicted molar refractivity (Wildman–Crippen MR) is 79.4 cm³/mol. The van der Waals surface area contributed by atoms with Gasteiger partial charge in [-0.3, -0.25) is 0 Å². The van der Waals surface area contributed by atoms with Crippen molar-refractivity contribution < 1.29 is 9.50 Å². The van der Waals surface area contributed by atoms with Crippen molar-refractivity contribution in [1.29, 1.82) is 0 Å². The van der Waals surface area contributed by atoms with Crippen LogP contribution in [0.15, 0.2) is 6.20 Å². The minimum atomic E-state index is -0.819. The van der Waals surface area contributed by atoms with Crippen LogP contribution in [0.5, 0.6) is 0 Å². The Balaban J connectivity index is 2.16. The Hall–Kier alpha value is -1.24. The lowest BCUT2D eigenvalue weighted by atomic mass is 9.95. The van der Waals surface area contributed by atoms with Gasteiger partial charge >= 0.3 is 0 Å². The second kappa shape index (κ2) is 5.19. The fourth-order valence-electron chi connectivity index (χ4n) is 2.63. The Morgan fingerprint density at radius 3 is 2.86 bits per heavy atom. The lowest BCUT2D eigenvalue weighted by Crippen LogP contribution is -2.46. The second-order valence-electron chi connectivity index (χ2n) is 5.46. The molecule has 0 bridgehead atoms. The van der Waals surface area contributed by atoms with E-state index in [1.54, 1.807) is 6.92 Å². The van der Waals surface area contributed by atoms with Gasteiger partial charge in [-0.15, -0.1) is 0 Å². The van der Waals surface area contributed by atoms with Gasteiger partial charge in [0.1, 0.15) is 11.3 Å². The highest BCUT2D eigenvalue weighted by molar-refractivity contribution is 6.30. The maximum absolute atomic E-state index is 14.1.